The molecule has 5 rings (SSSR count). The summed E-state index contributed by atoms with van der Waals surface area (Å²) in [6.45, 7) is 8.78. The van der Waals surface area contributed by atoms with E-state index in [1.54, 1.807) is 37.9 Å². The zero-order valence-electron chi connectivity index (χ0n) is 21.6. The zero-order chi connectivity index (χ0) is 26.8. The van der Waals surface area contributed by atoms with Crippen molar-refractivity contribution in [3.63, 3.8) is 0 Å². The van der Waals surface area contributed by atoms with Gasteiger partial charge in [-0.1, -0.05) is 11.6 Å². The second-order valence-corrected chi connectivity index (χ2v) is 11.9. The summed E-state index contributed by atoms with van der Waals surface area (Å²) in [6, 6.07) is 1.32. The van der Waals surface area contributed by atoms with Crippen LogP contribution in [0.5, 0.6) is 0 Å². The lowest BCUT2D eigenvalue weighted by Crippen LogP contribution is -2.42. The molecule has 3 aliphatic rings. The van der Waals surface area contributed by atoms with E-state index in [1.807, 2.05) is 18.4 Å². The number of ether oxygens (including phenoxy) is 4. The van der Waals surface area contributed by atoms with Crippen LogP contribution in [0.3, 0.4) is 0 Å². The molecule has 3 aliphatic heterocycles. The first kappa shape index (κ1) is 26.7. The van der Waals surface area contributed by atoms with Crippen LogP contribution in [0.15, 0.2) is 18.6 Å². The third-order valence-corrected chi connectivity index (χ3v) is 7.16. The number of rotatable bonds is 6. The fourth-order valence-corrected chi connectivity index (χ4v) is 5.74. The van der Waals surface area contributed by atoms with E-state index >= 15 is 0 Å². The molecule has 0 bridgehead atoms. The number of esters is 1. The standard InChI is InChI=1S/C25H33ClF2N4O5/c1-23(2,3)35-17(33)7-6-14-10-25(27,28)12-31(14)11-16-18-19(37-24(4,5)36-18)22(34-16)32-9-8-15-20(26)29-13-30-21(15)32/h8-9,13-14,16,18-19,22H,6-7,10-12H2,1-5H3/t14-,16+,18+,19+,22+/m0/s1. The fourth-order valence-electron chi connectivity index (χ4n) is 5.55. The monoisotopic (exact) mass is 542 g/mol. The van der Waals surface area contributed by atoms with Crippen molar-refractivity contribution in [1.82, 2.24) is 19.4 Å². The van der Waals surface area contributed by atoms with Gasteiger partial charge in [0.05, 0.1) is 11.9 Å². The van der Waals surface area contributed by atoms with Gasteiger partial charge in [-0.2, -0.15) is 0 Å². The van der Waals surface area contributed by atoms with Crippen molar-refractivity contribution in [2.45, 2.75) is 102 Å². The van der Waals surface area contributed by atoms with Gasteiger partial charge in [0.25, 0.3) is 5.92 Å². The summed E-state index contributed by atoms with van der Waals surface area (Å²) in [5.41, 5.74) is -0.0386. The van der Waals surface area contributed by atoms with Crippen molar-refractivity contribution < 1.29 is 32.5 Å². The molecule has 0 radical (unpaired) electrons. The number of hydrogen-bond acceptors (Lipinski definition) is 8. The van der Waals surface area contributed by atoms with Crippen LogP contribution in [-0.4, -0.2) is 80.2 Å². The molecular formula is C25H33ClF2N4O5. The molecule has 3 fully saturated rings. The van der Waals surface area contributed by atoms with E-state index < -0.39 is 60.4 Å². The molecular weight excluding hydrogens is 510 g/mol. The molecule has 0 spiro atoms. The van der Waals surface area contributed by atoms with Crippen molar-refractivity contribution in [2.75, 3.05) is 13.1 Å². The minimum Gasteiger partial charge on any atom is -0.460 e. The Morgan fingerprint density at radius 1 is 1.24 bits per heavy atom. The Bertz CT molecular complexity index is 1170. The van der Waals surface area contributed by atoms with Crippen LogP contribution in [0.1, 0.15) is 60.1 Å². The number of nitrogens with zero attached hydrogens (tertiary/aromatic N) is 4. The summed E-state index contributed by atoms with van der Waals surface area (Å²) in [6.07, 6.45) is 1.11. The lowest BCUT2D eigenvalue weighted by Gasteiger charge is -2.30. The predicted octanol–water partition coefficient (Wildman–Crippen LogP) is 4.33. The first-order valence-electron chi connectivity index (χ1n) is 12.5. The molecule has 5 heterocycles. The highest BCUT2D eigenvalue weighted by molar-refractivity contribution is 6.33. The molecule has 12 heteroatoms. The molecule has 2 aromatic heterocycles. The summed E-state index contributed by atoms with van der Waals surface area (Å²) < 4.78 is 55.1. The summed E-state index contributed by atoms with van der Waals surface area (Å²) in [7, 11) is 0. The maximum absolute atomic E-state index is 14.5. The zero-order valence-corrected chi connectivity index (χ0v) is 22.4. The molecule has 5 atom stereocenters. The van der Waals surface area contributed by atoms with Crippen LogP contribution in [0.25, 0.3) is 11.0 Å². The topological polar surface area (TPSA) is 87.9 Å². The molecule has 0 aliphatic carbocycles. The molecule has 0 aromatic carbocycles. The summed E-state index contributed by atoms with van der Waals surface area (Å²) in [5, 5.41) is 0.998. The third-order valence-electron chi connectivity index (χ3n) is 6.86. The highest BCUT2D eigenvalue weighted by Crippen LogP contribution is 2.45. The van der Waals surface area contributed by atoms with Gasteiger partial charge in [-0.25, -0.2) is 18.7 Å². The van der Waals surface area contributed by atoms with Gasteiger partial charge in [0.1, 0.15) is 41.0 Å². The average Bonchev–Trinajstić information content (AvgIpc) is 3.47. The first-order chi connectivity index (χ1) is 17.2. The maximum Gasteiger partial charge on any atom is 0.306 e. The number of carbonyl (C=O) groups excluding carboxylic acids is 1. The Labute approximate surface area is 219 Å². The molecule has 204 valence electrons. The Kier molecular flexibility index (Phi) is 6.76. The predicted molar refractivity (Wildman–Crippen MR) is 130 cm³/mol. The normalized spacial score (nSPS) is 31.2. The number of halogens is 3. The lowest BCUT2D eigenvalue weighted by atomic mass is 10.1. The van der Waals surface area contributed by atoms with Gasteiger partial charge < -0.3 is 23.5 Å². The minimum atomic E-state index is -2.85. The second kappa shape index (κ2) is 9.37. The lowest BCUT2D eigenvalue weighted by molar-refractivity contribution is -0.198. The Hall–Kier alpha value is -1.92. The van der Waals surface area contributed by atoms with Crippen LogP contribution >= 0.6 is 11.6 Å². The molecule has 2 aromatic rings. The van der Waals surface area contributed by atoms with E-state index in [4.69, 9.17) is 30.5 Å². The van der Waals surface area contributed by atoms with E-state index in [9.17, 15) is 13.6 Å². The van der Waals surface area contributed by atoms with Crippen molar-refractivity contribution in [3.05, 3.63) is 23.7 Å². The molecule has 0 saturated carbocycles. The van der Waals surface area contributed by atoms with Gasteiger partial charge in [-0.3, -0.25) is 9.69 Å². The molecule has 3 saturated heterocycles. The maximum atomic E-state index is 14.5. The van der Waals surface area contributed by atoms with Gasteiger partial charge in [-0.15, -0.1) is 0 Å². The number of fused-ring (bicyclic) bond motifs is 2. The highest BCUT2D eigenvalue weighted by Gasteiger charge is 2.57. The summed E-state index contributed by atoms with van der Waals surface area (Å²) in [4.78, 5) is 22.3. The summed E-state index contributed by atoms with van der Waals surface area (Å²) >= 11 is 6.23. The molecule has 0 amide bonds. The SMILES string of the molecule is CC(C)(C)OC(=O)CC[C@H]1CC(F)(F)CN1C[C@H]1O[C@@H](n2ccc3c(Cl)ncnc32)[C@@H]2OC(C)(C)O[C@@H]21. The molecule has 0 unspecified atom stereocenters. The van der Waals surface area contributed by atoms with Gasteiger partial charge >= 0.3 is 5.97 Å². The number of carbonyl (C=O) groups is 1. The van der Waals surface area contributed by atoms with Gasteiger partial charge in [0, 0.05) is 31.6 Å². The van der Waals surface area contributed by atoms with Crippen LogP contribution in [0.2, 0.25) is 5.15 Å². The Morgan fingerprint density at radius 3 is 2.70 bits per heavy atom. The minimum absolute atomic E-state index is 0.0666. The largest absolute Gasteiger partial charge is 0.460 e. The van der Waals surface area contributed by atoms with Crippen LogP contribution in [0.4, 0.5) is 8.78 Å². The molecule has 9 nitrogen and oxygen atoms in total. The van der Waals surface area contributed by atoms with Crippen molar-refractivity contribution in [3.8, 4) is 0 Å². The van der Waals surface area contributed by atoms with Gasteiger partial charge in [0.2, 0.25) is 0 Å². The van der Waals surface area contributed by atoms with Crippen LogP contribution in [-0.2, 0) is 23.7 Å². The molecule has 0 N–H and O–H groups in total. The van der Waals surface area contributed by atoms with Crippen LogP contribution in [0, 0.1) is 0 Å². The van der Waals surface area contributed by atoms with Crippen molar-refractivity contribution >= 4 is 28.6 Å². The third kappa shape index (κ3) is 5.61. The number of hydrogen-bond donors (Lipinski definition) is 0. The quantitative estimate of drug-likeness (QED) is 0.394. The average molecular weight is 543 g/mol. The first-order valence-corrected chi connectivity index (χ1v) is 12.9. The summed E-state index contributed by atoms with van der Waals surface area (Å²) in [5.74, 6) is -4.11. The van der Waals surface area contributed by atoms with Crippen LogP contribution < -0.4 is 0 Å². The van der Waals surface area contributed by atoms with Gasteiger partial charge in [-0.05, 0) is 47.1 Å². The van der Waals surface area contributed by atoms with E-state index in [0.29, 0.717) is 16.2 Å². The second-order valence-electron chi connectivity index (χ2n) is 11.5. The Morgan fingerprint density at radius 2 is 1.97 bits per heavy atom. The van der Waals surface area contributed by atoms with Crippen molar-refractivity contribution in [2.24, 2.45) is 0 Å². The van der Waals surface area contributed by atoms with E-state index in [2.05, 4.69) is 9.97 Å². The molecule has 37 heavy (non-hydrogen) atoms. The Balaban J connectivity index is 1.34. The van der Waals surface area contributed by atoms with E-state index in [1.165, 1.54) is 6.33 Å². The van der Waals surface area contributed by atoms with Crippen molar-refractivity contribution in [1.29, 1.82) is 0 Å². The fraction of sp³-hybridized carbons (Fsp3) is 0.720. The smallest absolute Gasteiger partial charge is 0.306 e. The number of alkyl halides is 2. The highest BCUT2D eigenvalue weighted by atomic mass is 35.5. The number of likely N-dealkylation sites (tertiary alicyclic amines) is 1. The van der Waals surface area contributed by atoms with E-state index in [-0.39, 0.29) is 25.8 Å². The number of aromatic nitrogens is 3. The van der Waals surface area contributed by atoms with E-state index in [0.717, 1.165) is 0 Å². The van der Waals surface area contributed by atoms with Gasteiger partial charge in [0.15, 0.2) is 12.0 Å².